The number of benzene rings is 1. The van der Waals surface area contributed by atoms with Crippen LogP contribution in [0.5, 0.6) is 0 Å². The molecule has 8 heteroatoms. The van der Waals surface area contributed by atoms with Gasteiger partial charge in [0.15, 0.2) is 0 Å². The van der Waals surface area contributed by atoms with Gasteiger partial charge in [0.25, 0.3) is 0 Å². The van der Waals surface area contributed by atoms with Crippen LogP contribution >= 0.6 is 0 Å². The zero-order valence-corrected chi connectivity index (χ0v) is 10.6. The third-order valence-corrected chi connectivity index (χ3v) is 2.24. The van der Waals surface area contributed by atoms with E-state index >= 15 is 0 Å². The van der Waals surface area contributed by atoms with Crippen molar-refractivity contribution in [1.29, 1.82) is 0 Å². The van der Waals surface area contributed by atoms with Crippen LogP contribution in [0.3, 0.4) is 0 Å². The molecule has 0 fully saturated rings. The molecule has 2 N–H and O–H groups in total. The Hall–Kier alpha value is -2.25. The minimum Gasteiger partial charge on any atom is -0.453 e. The lowest BCUT2D eigenvalue weighted by Crippen LogP contribution is -2.34. The number of ether oxygens (including phenoxy) is 1. The van der Waals surface area contributed by atoms with E-state index in [1.807, 2.05) is 0 Å². The molecule has 5 nitrogen and oxygen atoms in total. The van der Waals surface area contributed by atoms with Crippen LogP contribution in [0, 0.1) is 0 Å². The lowest BCUT2D eigenvalue weighted by atomic mass is 10.1. The number of halogens is 3. The maximum absolute atomic E-state index is 11.9. The largest absolute Gasteiger partial charge is 0.453 e. The Labute approximate surface area is 113 Å². The molecule has 0 radical (unpaired) electrons. The van der Waals surface area contributed by atoms with E-state index in [1.54, 1.807) is 5.32 Å². The van der Waals surface area contributed by atoms with Crippen LogP contribution in [-0.4, -0.2) is 31.8 Å². The Bertz CT molecular complexity index is 472. The first-order valence-electron chi connectivity index (χ1n) is 5.57. The van der Waals surface area contributed by atoms with E-state index in [-0.39, 0.29) is 6.42 Å². The van der Waals surface area contributed by atoms with Gasteiger partial charge in [0, 0.05) is 5.69 Å². The van der Waals surface area contributed by atoms with Crippen LogP contribution in [0.2, 0.25) is 0 Å². The molecule has 1 rings (SSSR count). The quantitative estimate of drug-likeness (QED) is 0.892. The van der Waals surface area contributed by atoms with Crippen molar-refractivity contribution < 1.29 is 27.5 Å². The highest BCUT2D eigenvalue weighted by molar-refractivity contribution is 5.84. The first-order chi connectivity index (χ1) is 9.30. The number of methoxy groups -OCH3 is 1. The minimum atomic E-state index is -4.43. The molecule has 0 bridgehead atoms. The average Bonchev–Trinajstić information content (AvgIpc) is 2.38. The summed E-state index contributed by atoms with van der Waals surface area (Å²) >= 11 is 0. The molecular formula is C12H13F3N2O3. The fraction of sp³-hybridized carbons (Fsp3) is 0.333. The highest BCUT2D eigenvalue weighted by Gasteiger charge is 2.27. The van der Waals surface area contributed by atoms with Crippen molar-refractivity contribution in [3.63, 3.8) is 0 Å². The van der Waals surface area contributed by atoms with Crippen LogP contribution in [0.25, 0.3) is 0 Å². The molecule has 0 unspecified atom stereocenters. The Balaban J connectivity index is 2.49. The van der Waals surface area contributed by atoms with Gasteiger partial charge in [0.1, 0.15) is 6.54 Å². The van der Waals surface area contributed by atoms with Crippen molar-refractivity contribution in [2.24, 2.45) is 0 Å². The summed E-state index contributed by atoms with van der Waals surface area (Å²) in [4.78, 5) is 22.2. The van der Waals surface area contributed by atoms with Gasteiger partial charge in [-0.15, -0.1) is 0 Å². The normalized spacial score (nSPS) is 10.8. The third kappa shape index (κ3) is 6.07. The topological polar surface area (TPSA) is 67.4 Å². The lowest BCUT2D eigenvalue weighted by Gasteiger charge is -2.09. The van der Waals surface area contributed by atoms with Crippen molar-refractivity contribution >= 4 is 17.7 Å². The van der Waals surface area contributed by atoms with Gasteiger partial charge in [-0.3, -0.25) is 10.1 Å². The van der Waals surface area contributed by atoms with Crippen molar-refractivity contribution in [3.05, 3.63) is 29.8 Å². The molecule has 0 saturated heterocycles. The molecule has 0 saturated carbocycles. The van der Waals surface area contributed by atoms with Gasteiger partial charge >= 0.3 is 12.3 Å². The van der Waals surface area contributed by atoms with Crippen molar-refractivity contribution in [2.45, 2.75) is 12.6 Å². The third-order valence-electron chi connectivity index (χ3n) is 2.24. The summed E-state index contributed by atoms with van der Waals surface area (Å²) in [6.07, 6.45) is -5.24. The fourth-order valence-corrected chi connectivity index (χ4v) is 1.32. The molecule has 0 heterocycles. The smallest absolute Gasteiger partial charge is 0.411 e. The number of hydrogen-bond acceptors (Lipinski definition) is 3. The second-order valence-corrected chi connectivity index (χ2v) is 3.88. The molecular weight excluding hydrogens is 277 g/mol. The summed E-state index contributed by atoms with van der Waals surface area (Å²) in [5.74, 6) is -0.726. The van der Waals surface area contributed by atoms with Crippen molar-refractivity contribution in [3.8, 4) is 0 Å². The number of hydrogen-bond donors (Lipinski definition) is 2. The Morgan fingerprint density at radius 2 is 1.80 bits per heavy atom. The zero-order valence-electron chi connectivity index (χ0n) is 10.6. The van der Waals surface area contributed by atoms with Gasteiger partial charge in [-0.2, -0.15) is 13.2 Å². The Morgan fingerprint density at radius 1 is 1.20 bits per heavy atom. The monoisotopic (exact) mass is 290 g/mol. The van der Waals surface area contributed by atoms with E-state index < -0.39 is 24.7 Å². The number of alkyl halides is 3. The SMILES string of the molecule is COC(=O)Nc1ccc(CC(=O)NCC(F)(F)F)cc1. The van der Waals surface area contributed by atoms with Gasteiger partial charge in [0.05, 0.1) is 13.5 Å². The standard InChI is InChI=1S/C12H13F3N2O3/c1-20-11(19)17-9-4-2-8(3-5-9)6-10(18)16-7-12(13,14)15/h2-5H,6-7H2,1H3,(H,16,18)(H,17,19). The van der Waals surface area contributed by atoms with E-state index in [0.29, 0.717) is 11.3 Å². The first-order valence-corrected chi connectivity index (χ1v) is 5.57. The second kappa shape index (κ2) is 6.78. The highest BCUT2D eigenvalue weighted by atomic mass is 19.4. The number of amides is 2. The van der Waals surface area contributed by atoms with Crippen LogP contribution < -0.4 is 10.6 Å². The minimum absolute atomic E-state index is 0.172. The number of nitrogens with one attached hydrogen (secondary N) is 2. The molecule has 2 amide bonds. The summed E-state index contributed by atoms with van der Waals surface area (Å²) in [7, 11) is 1.22. The summed E-state index contributed by atoms with van der Waals surface area (Å²) in [6, 6.07) is 6.09. The number of carbonyl (C=O) groups excluding carboxylic acids is 2. The summed E-state index contributed by atoms with van der Waals surface area (Å²) in [5.41, 5.74) is 0.983. The van der Waals surface area contributed by atoms with Gasteiger partial charge in [-0.05, 0) is 17.7 Å². The molecule has 0 aliphatic rings. The Morgan fingerprint density at radius 3 is 2.30 bits per heavy atom. The van der Waals surface area contributed by atoms with Crippen molar-refractivity contribution in [2.75, 3.05) is 19.0 Å². The van der Waals surface area contributed by atoms with E-state index in [2.05, 4.69) is 10.1 Å². The zero-order chi connectivity index (χ0) is 15.2. The van der Waals surface area contributed by atoms with Gasteiger partial charge < -0.3 is 10.1 Å². The average molecular weight is 290 g/mol. The van der Waals surface area contributed by atoms with Crippen LogP contribution in [0.15, 0.2) is 24.3 Å². The van der Waals surface area contributed by atoms with Gasteiger partial charge in [0.2, 0.25) is 5.91 Å². The van der Waals surface area contributed by atoms with Crippen LogP contribution in [-0.2, 0) is 16.0 Å². The molecule has 0 spiro atoms. The summed E-state index contributed by atoms with van der Waals surface area (Å²) in [6.45, 7) is -1.35. The fourth-order valence-electron chi connectivity index (χ4n) is 1.32. The van der Waals surface area contributed by atoms with Gasteiger partial charge in [-0.1, -0.05) is 12.1 Å². The second-order valence-electron chi connectivity index (χ2n) is 3.88. The predicted octanol–water partition coefficient (Wildman–Crippen LogP) is 2.09. The molecule has 0 aromatic heterocycles. The van der Waals surface area contributed by atoms with E-state index in [9.17, 15) is 22.8 Å². The van der Waals surface area contributed by atoms with E-state index in [4.69, 9.17) is 0 Å². The van der Waals surface area contributed by atoms with E-state index in [1.165, 1.54) is 31.4 Å². The first kappa shape index (κ1) is 15.8. The maximum Gasteiger partial charge on any atom is 0.411 e. The van der Waals surface area contributed by atoms with Crippen molar-refractivity contribution in [1.82, 2.24) is 5.32 Å². The van der Waals surface area contributed by atoms with Crippen LogP contribution in [0.4, 0.5) is 23.7 Å². The van der Waals surface area contributed by atoms with E-state index in [0.717, 1.165) is 0 Å². The molecule has 20 heavy (non-hydrogen) atoms. The van der Waals surface area contributed by atoms with Gasteiger partial charge in [-0.25, -0.2) is 4.79 Å². The molecule has 1 aromatic rings. The predicted molar refractivity (Wildman–Crippen MR) is 65.2 cm³/mol. The highest BCUT2D eigenvalue weighted by Crippen LogP contribution is 2.13. The van der Waals surface area contributed by atoms with Crippen LogP contribution in [0.1, 0.15) is 5.56 Å². The summed E-state index contributed by atoms with van der Waals surface area (Å²) in [5, 5.41) is 4.18. The molecule has 1 aromatic carbocycles. The molecule has 0 atom stereocenters. The molecule has 0 aliphatic carbocycles. The number of anilines is 1. The number of carbonyl (C=O) groups is 2. The molecule has 0 aliphatic heterocycles. The summed E-state index contributed by atoms with van der Waals surface area (Å²) < 4.78 is 40.1. The Kier molecular flexibility index (Phi) is 5.36. The lowest BCUT2D eigenvalue weighted by molar-refractivity contribution is -0.138. The maximum atomic E-state index is 11.9. The number of rotatable bonds is 4. The molecule has 110 valence electrons.